The molecule has 286 valence electrons. The Bertz CT molecular complexity index is 3340. The summed E-state index contributed by atoms with van der Waals surface area (Å²) >= 11 is 0. The van der Waals surface area contributed by atoms with Crippen molar-refractivity contribution in [1.82, 2.24) is 4.57 Å². The maximum absolute atomic E-state index is 2.55. The van der Waals surface area contributed by atoms with Crippen LogP contribution in [0.3, 0.4) is 0 Å². The maximum atomic E-state index is 2.55. The molecule has 60 heavy (non-hydrogen) atoms. The molecule has 0 unspecified atom stereocenters. The van der Waals surface area contributed by atoms with Gasteiger partial charge in [0.25, 0.3) is 0 Å². The lowest BCUT2D eigenvalue weighted by Crippen LogP contribution is -2.17. The first-order valence-corrected chi connectivity index (χ1v) is 21.2. The third-order valence-corrected chi connectivity index (χ3v) is 13.8. The quantitative estimate of drug-likeness (QED) is 0.169. The highest BCUT2D eigenvalue weighted by Crippen LogP contribution is 2.56. The number of fused-ring (bicyclic) bond motifs is 10. The van der Waals surface area contributed by atoms with Gasteiger partial charge in [0.15, 0.2) is 0 Å². The van der Waals surface area contributed by atoms with Crippen molar-refractivity contribution < 1.29 is 0 Å². The topological polar surface area (TPSA) is 8.17 Å². The van der Waals surface area contributed by atoms with Crippen LogP contribution in [-0.4, -0.2) is 4.57 Å². The molecule has 0 saturated heterocycles. The number of rotatable bonds is 5. The van der Waals surface area contributed by atoms with Gasteiger partial charge in [-0.1, -0.05) is 179 Å². The summed E-state index contributed by atoms with van der Waals surface area (Å²) in [7, 11) is 0. The first-order valence-electron chi connectivity index (χ1n) is 21.2. The van der Waals surface area contributed by atoms with E-state index in [1.807, 2.05) is 0 Å². The molecule has 0 radical (unpaired) electrons. The molecule has 2 nitrogen and oxygen atoms in total. The fourth-order valence-electron chi connectivity index (χ4n) is 11.0. The van der Waals surface area contributed by atoms with Crippen LogP contribution in [0, 0.1) is 0 Å². The average molecular weight is 769 g/mol. The minimum absolute atomic E-state index is 0.0790. The maximum Gasteiger partial charge on any atom is 0.0543 e. The smallest absolute Gasteiger partial charge is 0.0543 e. The zero-order valence-corrected chi connectivity index (χ0v) is 34.4. The lowest BCUT2D eigenvalue weighted by Gasteiger charge is -2.31. The van der Waals surface area contributed by atoms with E-state index >= 15 is 0 Å². The van der Waals surface area contributed by atoms with E-state index in [1.54, 1.807) is 0 Å². The summed E-state index contributed by atoms with van der Waals surface area (Å²) in [5.41, 5.74) is 20.0. The van der Waals surface area contributed by atoms with Crippen molar-refractivity contribution in [3.63, 3.8) is 0 Å². The second-order valence-electron chi connectivity index (χ2n) is 17.7. The summed E-state index contributed by atoms with van der Waals surface area (Å²) < 4.78 is 2.45. The van der Waals surface area contributed by atoms with Crippen LogP contribution >= 0.6 is 0 Å². The van der Waals surface area contributed by atoms with Gasteiger partial charge in [-0.15, -0.1) is 0 Å². The molecule has 0 amide bonds. The first kappa shape index (κ1) is 34.8. The summed E-state index contributed by atoms with van der Waals surface area (Å²) in [5, 5.41) is 4.95. The molecule has 12 rings (SSSR count). The lowest BCUT2D eigenvalue weighted by atomic mass is 9.82. The van der Waals surface area contributed by atoms with Crippen LogP contribution in [0.15, 0.2) is 194 Å². The van der Waals surface area contributed by atoms with Gasteiger partial charge in [0.2, 0.25) is 0 Å². The third kappa shape index (κ3) is 4.76. The number of para-hydroxylation sites is 3. The normalized spacial score (nSPS) is 14.3. The molecule has 0 saturated carbocycles. The Morgan fingerprint density at radius 2 is 0.850 bits per heavy atom. The SMILES string of the molecule is CC1(C)c2ccccc2-c2cc(N(c3cccc4c3-c3ccccc3C4(C)C)c3cccc4c(-c5ccccc5-n5c6ccccc6c6ccccc65)cccc34)ccc21. The molecule has 0 bridgehead atoms. The van der Waals surface area contributed by atoms with E-state index < -0.39 is 0 Å². The van der Waals surface area contributed by atoms with Gasteiger partial charge in [0.1, 0.15) is 0 Å². The van der Waals surface area contributed by atoms with Crippen molar-refractivity contribution in [1.29, 1.82) is 0 Å². The second-order valence-corrected chi connectivity index (χ2v) is 17.7. The van der Waals surface area contributed by atoms with Crippen molar-refractivity contribution in [3.8, 4) is 39.1 Å². The fourth-order valence-corrected chi connectivity index (χ4v) is 11.0. The largest absolute Gasteiger partial charge is 0.309 e. The predicted molar refractivity (Wildman–Crippen MR) is 254 cm³/mol. The second kappa shape index (κ2) is 12.7. The van der Waals surface area contributed by atoms with Crippen molar-refractivity contribution in [2.45, 2.75) is 38.5 Å². The number of hydrogen-bond acceptors (Lipinski definition) is 1. The molecule has 0 atom stereocenters. The van der Waals surface area contributed by atoms with E-state index in [0.29, 0.717) is 0 Å². The zero-order valence-electron chi connectivity index (χ0n) is 34.4. The lowest BCUT2D eigenvalue weighted by molar-refractivity contribution is 0.660. The fraction of sp³-hybridized carbons (Fsp3) is 0.103. The van der Waals surface area contributed by atoms with Gasteiger partial charge in [0, 0.05) is 43.8 Å². The minimum Gasteiger partial charge on any atom is -0.309 e. The summed E-state index contributed by atoms with van der Waals surface area (Å²) in [5.74, 6) is 0. The van der Waals surface area contributed by atoms with Gasteiger partial charge in [0.05, 0.1) is 28.1 Å². The number of aromatic nitrogens is 1. The van der Waals surface area contributed by atoms with E-state index in [4.69, 9.17) is 0 Å². The Hall–Kier alpha value is -7.16. The molecule has 0 aliphatic heterocycles. The summed E-state index contributed by atoms with van der Waals surface area (Å²) in [6.45, 7) is 9.47. The molecule has 10 aromatic rings. The molecule has 1 aromatic heterocycles. The van der Waals surface area contributed by atoms with Crippen molar-refractivity contribution in [2.24, 2.45) is 0 Å². The highest BCUT2D eigenvalue weighted by Gasteiger charge is 2.39. The minimum atomic E-state index is -0.128. The average Bonchev–Trinajstić information content (AvgIpc) is 3.83. The van der Waals surface area contributed by atoms with Crippen LogP contribution in [0.2, 0.25) is 0 Å². The number of benzene rings is 9. The monoisotopic (exact) mass is 768 g/mol. The van der Waals surface area contributed by atoms with Crippen molar-refractivity contribution >= 4 is 49.6 Å². The van der Waals surface area contributed by atoms with Crippen LogP contribution in [0.1, 0.15) is 49.9 Å². The highest BCUT2D eigenvalue weighted by molar-refractivity contribution is 6.12. The van der Waals surface area contributed by atoms with Crippen molar-refractivity contribution in [3.05, 3.63) is 216 Å². The van der Waals surface area contributed by atoms with Gasteiger partial charge in [-0.3, -0.25) is 0 Å². The van der Waals surface area contributed by atoms with Crippen LogP contribution in [0.25, 0.3) is 71.6 Å². The van der Waals surface area contributed by atoms with Crippen LogP contribution in [-0.2, 0) is 10.8 Å². The Labute approximate surface area is 351 Å². The van der Waals surface area contributed by atoms with E-state index in [-0.39, 0.29) is 10.8 Å². The molecule has 2 aliphatic rings. The molecule has 1 heterocycles. The summed E-state index contributed by atoms with van der Waals surface area (Å²) in [4.78, 5) is 2.55. The summed E-state index contributed by atoms with van der Waals surface area (Å²) in [6.07, 6.45) is 0. The van der Waals surface area contributed by atoms with Gasteiger partial charge in [-0.2, -0.15) is 0 Å². The Kier molecular flexibility index (Phi) is 7.36. The summed E-state index contributed by atoms with van der Waals surface area (Å²) in [6, 6.07) is 72.4. The Morgan fingerprint density at radius 1 is 0.350 bits per heavy atom. The molecule has 0 N–H and O–H groups in total. The number of hydrogen-bond donors (Lipinski definition) is 0. The van der Waals surface area contributed by atoms with Crippen LogP contribution < -0.4 is 4.90 Å². The van der Waals surface area contributed by atoms with Crippen LogP contribution in [0.5, 0.6) is 0 Å². The van der Waals surface area contributed by atoms with E-state index in [0.717, 1.165) is 11.4 Å². The number of nitrogens with zero attached hydrogens (tertiary/aromatic N) is 2. The van der Waals surface area contributed by atoms with E-state index in [1.165, 1.54) is 99.6 Å². The number of anilines is 3. The van der Waals surface area contributed by atoms with Gasteiger partial charge in [-0.25, -0.2) is 0 Å². The van der Waals surface area contributed by atoms with Crippen molar-refractivity contribution in [2.75, 3.05) is 4.90 Å². The standard InChI is InChI=1S/C58H44N2/c1-57(2)47-26-10-5-18-40(47)46-36-37(34-35-49(46)57)59(55-33-17-28-50-56(55)45-22-6-11-27-48(45)58(50,3)4)51-32-16-24-39-38(23-15-25-42(39)51)41-19-7-12-29-52(41)60-53-30-13-8-20-43(53)44-21-9-14-31-54(44)60/h5-36H,1-4H3. The Morgan fingerprint density at radius 3 is 1.62 bits per heavy atom. The van der Waals surface area contributed by atoms with Gasteiger partial charge < -0.3 is 9.47 Å². The van der Waals surface area contributed by atoms with E-state index in [2.05, 4.69) is 231 Å². The molecular formula is C58H44N2. The molecular weight excluding hydrogens is 725 g/mol. The predicted octanol–water partition coefficient (Wildman–Crippen LogP) is 15.7. The van der Waals surface area contributed by atoms with E-state index in [9.17, 15) is 0 Å². The Balaban J connectivity index is 1.12. The molecule has 0 fully saturated rings. The third-order valence-electron chi connectivity index (χ3n) is 13.8. The van der Waals surface area contributed by atoms with Crippen LogP contribution in [0.4, 0.5) is 17.1 Å². The molecule has 2 heteroatoms. The highest BCUT2D eigenvalue weighted by atomic mass is 15.1. The van der Waals surface area contributed by atoms with Gasteiger partial charge in [-0.05, 0) is 92.4 Å². The first-order chi connectivity index (χ1) is 29.3. The molecule has 9 aromatic carbocycles. The zero-order chi connectivity index (χ0) is 40.3. The van der Waals surface area contributed by atoms with Gasteiger partial charge >= 0.3 is 0 Å². The molecule has 0 spiro atoms. The molecule has 2 aliphatic carbocycles.